The van der Waals surface area contributed by atoms with Crippen molar-refractivity contribution in [3.63, 3.8) is 0 Å². The van der Waals surface area contributed by atoms with E-state index in [1.807, 2.05) is 20.8 Å². The molecule has 0 aromatic heterocycles. The van der Waals surface area contributed by atoms with Gasteiger partial charge in [0.05, 0.1) is 13.7 Å². The van der Waals surface area contributed by atoms with E-state index < -0.39 is 5.97 Å². The van der Waals surface area contributed by atoms with Gasteiger partial charge >= 0.3 is 5.97 Å². The summed E-state index contributed by atoms with van der Waals surface area (Å²) in [5.41, 5.74) is 3.19. The topological polar surface area (TPSA) is 55.8 Å². The second-order valence-corrected chi connectivity index (χ2v) is 5.10. The highest BCUT2D eigenvalue weighted by molar-refractivity contribution is 9.10. The van der Waals surface area contributed by atoms with Crippen molar-refractivity contribution in [3.8, 4) is 5.75 Å². The Morgan fingerprint density at radius 1 is 1.21 bits per heavy atom. The van der Waals surface area contributed by atoms with Gasteiger partial charge in [-0.2, -0.15) is 0 Å². The number of carbonyl (C=O) groups is 1. The number of methoxy groups -OCH3 is 1. The molecular formula is C14H19BrO4. The molecule has 0 saturated carbocycles. The summed E-state index contributed by atoms with van der Waals surface area (Å²) in [7, 11) is 1.54. The molecule has 0 aliphatic heterocycles. The Balaban J connectivity index is 3.22. The molecular weight excluding hydrogens is 312 g/mol. The van der Waals surface area contributed by atoms with Gasteiger partial charge in [-0.05, 0) is 37.5 Å². The van der Waals surface area contributed by atoms with E-state index in [1.54, 1.807) is 7.11 Å². The summed E-state index contributed by atoms with van der Waals surface area (Å²) in [4.78, 5) is 12.1. The summed E-state index contributed by atoms with van der Waals surface area (Å²) < 4.78 is 11.4. The Bertz CT molecular complexity index is 483. The van der Waals surface area contributed by atoms with Crippen LogP contribution >= 0.6 is 15.9 Å². The lowest BCUT2D eigenvalue weighted by molar-refractivity contribution is 0.0477. The van der Waals surface area contributed by atoms with Crippen molar-refractivity contribution in [1.82, 2.24) is 0 Å². The van der Waals surface area contributed by atoms with E-state index in [1.165, 1.54) is 0 Å². The first kappa shape index (κ1) is 16.0. The lowest BCUT2D eigenvalue weighted by Crippen LogP contribution is -2.13. The molecule has 0 aliphatic rings. The van der Waals surface area contributed by atoms with Gasteiger partial charge in [0, 0.05) is 17.5 Å². The van der Waals surface area contributed by atoms with E-state index in [4.69, 9.17) is 14.6 Å². The largest absolute Gasteiger partial charge is 0.496 e. The van der Waals surface area contributed by atoms with Crippen LogP contribution in [0.3, 0.4) is 0 Å². The summed E-state index contributed by atoms with van der Waals surface area (Å²) in [6, 6.07) is 0. The third-order valence-corrected chi connectivity index (χ3v) is 4.30. The van der Waals surface area contributed by atoms with Crippen LogP contribution in [0.25, 0.3) is 0 Å². The number of rotatable bonds is 5. The summed E-state index contributed by atoms with van der Waals surface area (Å²) >= 11 is 3.49. The van der Waals surface area contributed by atoms with E-state index >= 15 is 0 Å². The predicted molar refractivity (Wildman–Crippen MR) is 76.9 cm³/mol. The molecule has 0 unspecified atom stereocenters. The predicted octanol–water partition coefficient (Wildman–Crippen LogP) is 2.92. The molecule has 4 nitrogen and oxygen atoms in total. The first-order valence-electron chi connectivity index (χ1n) is 6.06. The van der Waals surface area contributed by atoms with Crippen LogP contribution in [-0.2, 0) is 4.74 Å². The Hall–Kier alpha value is -1.07. The van der Waals surface area contributed by atoms with Crippen LogP contribution in [0.15, 0.2) is 4.47 Å². The Morgan fingerprint density at radius 3 is 2.37 bits per heavy atom. The quantitative estimate of drug-likeness (QED) is 0.666. The number of benzene rings is 1. The monoisotopic (exact) mass is 330 g/mol. The molecule has 1 N–H and O–H groups in total. The maximum atomic E-state index is 12.1. The molecule has 1 rings (SSSR count). The number of hydrogen-bond donors (Lipinski definition) is 1. The van der Waals surface area contributed by atoms with Crippen LogP contribution in [-0.4, -0.2) is 31.4 Å². The number of aliphatic hydroxyl groups excluding tert-OH is 1. The van der Waals surface area contributed by atoms with Gasteiger partial charge in [0.25, 0.3) is 0 Å². The molecule has 0 fully saturated rings. The van der Waals surface area contributed by atoms with Gasteiger partial charge in [-0.3, -0.25) is 0 Å². The smallest absolute Gasteiger partial charge is 0.342 e. The summed E-state index contributed by atoms with van der Waals surface area (Å²) in [6.07, 6.45) is 0.430. The molecule has 0 heterocycles. The minimum Gasteiger partial charge on any atom is -0.496 e. The van der Waals surface area contributed by atoms with Crippen molar-refractivity contribution in [3.05, 3.63) is 26.7 Å². The second kappa shape index (κ2) is 6.91. The minimum absolute atomic E-state index is 0.0000170. The maximum absolute atomic E-state index is 12.1. The SMILES string of the molecule is COc1c(C)c(C)c(Br)c(C)c1C(=O)OCCCO. The van der Waals surface area contributed by atoms with Gasteiger partial charge in [-0.1, -0.05) is 15.9 Å². The molecule has 1 aromatic carbocycles. The lowest BCUT2D eigenvalue weighted by atomic mass is 9.99. The first-order chi connectivity index (χ1) is 8.95. The molecule has 0 aliphatic carbocycles. The Morgan fingerprint density at radius 2 is 1.84 bits per heavy atom. The average Bonchev–Trinajstić information content (AvgIpc) is 2.40. The van der Waals surface area contributed by atoms with Crippen LogP contribution in [0, 0.1) is 20.8 Å². The van der Waals surface area contributed by atoms with Crippen molar-refractivity contribution < 1.29 is 19.4 Å². The highest BCUT2D eigenvalue weighted by Gasteiger charge is 2.23. The van der Waals surface area contributed by atoms with E-state index in [-0.39, 0.29) is 13.2 Å². The molecule has 5 heteroatoms. The highest BCUT2D eigenvalue weighted by atomic mass is 79.9. The van der Waals surface area contributed by atoms with Crippen LogP contribution < -0.4 is 4.74 Å². The molecule has 106 valence electrons. The van der Waals surface area contributed by atoms with Crippen LogP contribution in [0.5, 0.6) is 5.75 Å². The minimum atomic E-state index is -0.424. The van der Waals surface area contributed by atoms with E-state index in [2.05, 4.69) is 15.9 Å². The standard InChI is InChI=1S/C14H19BrO4/c1-8-9(2)13(18-4)11(10(3)12(8)15)14(17)19-7-5-6-16/h16H,5-7H2,1-4H3. The van der Waals surface area contributed by atoms with Crippen molar-refractivity contribution in [2.24, 2.45) is 0 Å². The highest BCUT2D eigenvalue weighted by Crippen LogP contribution is 2.36. The van der Waals surface area contributed by atoms with Crippen LogP contribution in [0.1, 0.15) is 33.5 Å². The van der Waals surface area contributed by atoms with Gasteiger partial charge in [0.2, 0.25) is 0 Å². The summed E-state index contributed by atoms with van der Waals surface area (Å²) in [5, 5.41) is 8.71. The van der Waals surface area contributed by atoms with Gasteiger partial charge in [-0.15, -0.1) is 0 Å². The van der Waals surface area contributed by atoms with Gasteiger partial charge in [-0.25, -0.2) is 4.79 Å². The van der Waals surface area contributed by atoms with Crippen LogP contribution in [0.2, 0.25) is 0 Å². The molecule has 1 aromatic rings. The normalized spacial score (nSPS) is 10.4. The van der Waals surface area contributed by atoms with Crippen molar-refractivity contribution in [1.29, 1.82) is 0 Å². The number of ether oxygens (including phenoxy) is 2. The van der Waals surface area contributed by atoms with Crippen molar-refractivity contribution in [2.45, 2.75) is 27.2 Å². The van der Waals surface area contributed by atoms with E-state index in [0.717, 1.165) is 21.2 Å². The number of hydrogen-bond acceptors (Lipinski definition) is 4. The fraction of sp³-hybridized carbons (Fsp3) is 0.500. The van der Waals surface area contributed by atoms with E-state index in [0.29, 0.717) is 17.7 Å². The number of halogens is 1. The van der Waals surface area contributed by atoms with Gasteiger partial charge in [0.15, 0.2) is 0 Å². The molecule has 0 spiro atoms. The van der Waals surface area contributed by atoms with E-state index in [9.17, 15) is 4.79 Å². The fourth-order valence-electron chi connectivity index (χ4n) is 1.89. The summed E-state index contributed by atoms with van der Waals surface area (Å²) in [6.45, 7) is 5.92. The zero-order valence-electron chi connectivity index (χ0n) is 11.7. The number of esters is 1. The fourth-order valence-corrected chi connectivity index (χ4v) is 2.38. The number of aliphatic hydroxyl groups is 1. The van der Waals surface area contributed by atoms with Crippen LogP contribution in [0.4, 0.5) is 0 Å². The third kappa shape index (κ3) is 3.28. The zero-order valence-corrected chi connectivity index (χ0v) is 13.3. The maximum Gasteiger partial charge on any atom is 0.342 e. The van der Waals surface area contributed by atoms with Crippen molar-refractivity contribution in [2.75, 3.05) is 20.3 Å². The first-order valence-corrected chi connectivity index (χ1v) is 6.86. The number of carbonyl (C=O) groups excluding carboxylic acids is 1. The third-order valence-electron chi connectivity index (χ3n) is 3.11. The second-order valence-electron chi connectivity index (χ2n) is 4.31. The van der Waals surface area contributed by atoms with Crippen molar-refractivity contribution >= 4 is 21.9 Å². The zero-order chi connectivity index (χ0) is 14.6. The molecule has 0 bridgehead atoms. The van der Waals surface area contributed by atoms with Gasteiger partial charge < -0.3 is 14.6 Å². The molecule has 0 radical (unpaired) electrons. The molecule has 0 saturated heterocycles. The lowest BCUT2D eigenvalue weighted by Gasteiger charge is -2.17. The average molecular weight is 331 g/mol. The Kier molecular flexibility index (Phi) is 5.82. The van der Waals surface area contributed by atoms with Gasteiger partial charge in [0.1, 0.15) is 11.3 Å². The molecule has 0 atom stereocenters. The summed E-state index contributed by atoms with van der Waals surface area (Å²) in [5.74, 6) is 0.124. The molecule has 19 heavy (non-hydrogen) atoms. The molecule has 0 amide bonds. The Labute approximate surface area is 121 Å².